The van der Waals surface area contributed by atoms with Gasteiger partial charge in [-0.25, -0.2) is 25.3 Å². The molecule has 0 amide bonds. The first-order chi connectivity index (χ1) is 7.68. The largest absolute Gasteiger partial charge is 3.00 e. The maximum Gasteiger partial charge on any atom is 3.00 e. The summed E-state index contributed by atoms with van der Waals surface area (Å²) in [4.78, 5) is 0. The van der Waals surface area contributed by atoms with Gasteiger partial charge in [0.2, 0.25) is 31.2 Å². The van der Waals surface area contributed by atoms with Crippen molar-refractivity contribution in [2.45, 2.75) is 0 Å². The Kier molecular flexibility index (Phi) is 17.0. The van der Waals surface area contributed by atoms with E-state index in [4.69, 9.17) is 38.9 Å². The Morgan fingerprint density at radius 3 is 0.632 bits per heavy atom. The van der Waals surface area contributed by atoms with Crippen molar-refractivity contribution in [3.05, 3.63) is 0 Å². The number of hydrogen-bond donors (Lipinski definition) is 3. The summed E-state index contributed by atoms with van der Waals surface area (Å²) in [6.45, 7) is 0. The maximum atomic E-state index is 9.10. The molecule has 0 aromatic heterocycles. The fourth-order valence-corrected chi connectivity index (χ4v) is 0. The van der Waals surface area contributed by atoms with Gasteiger partial charge in [-0.3, -0.25) is 0 Å². The molecule has 0 aromatic rings. The summed E-state index contributed by atoms with van der Waals surface area (Å²) in [6, 6.07) is 0. The molecule has 0 aliphatic rings. The predicted octanol–water partition coefficient (Wildman–Crippen LogP) is -5.37. The van der Waals surface area contributed by atoms with Crippen molar-refractivity contribution >= 4 is 48.6 Å². The van der Waals surface area contributed by atoms with Crippen LogP contribution < -0.4 is 17.7 Å². The first kappa shape index (κ1) is 27.4. The smallest absolute Gasteiger partial charge is 0.724 e. The molecule has 15 nitrogen and oxygen atoms in total. The van der Waals surface area contributed by atoms with Gasteiger partial charge in [0, 0.05) is 0 Å². The fraction of sp³-hybridized carbons (Fsp3) is 0. The molecule has 0 saturated carbocycles. The van der Waals surface area contributed by atoms with Crippen LogP contribution in [-0.2, 0) is 44.0 Å². The van der Waals surface area contributed by atoms with E-state index in [1.54, 1.807) is 0 Å². The molecule has 0 heterocycles. The van der Waals surface area contributed by atoms with Crippen LogP contribution >= 0.6 is 0 Å². The van der Waals surface area contributed by atoms with E-state index in [9.17, 15) is 0 Å². The number of rotatable bonds is 3. The van der Waals surface area contributed by atoms with Gasteiger partial charge in [0.15, 0.2) is 0 Å². The van der Waals surface area contributed by atoms with Gasteiger partial charge in [0.1, 0.15) is 0 Å². The Balaban J connectivity index is -0.0000000865. The first-order valence-corrected chi connectivity index (χ1v) is 6.71. The second-order valence-corrected chi connectivity index (χ2v) is 4.54. The molecule has 0 aromatic carbocycles. The topological polar surface area (TPSA) is 277 Å². The van der Waals surface area contributed by atoms with Crippen LogP contribution in [0.4, 0.5) is 0 Å². The summed E-state index contributed by atoms with van der Waals surface area (Å²) in [6.07, 6.45) is 0. The van der Waals surface area contributed by atoms with Crippen LogP contribution in [0.2, 0.25) is 0 Å². The molecule has 0 aliphatic carbocycles. The summed E-state index contributed by atoms with van der Waals surface area (Å²) in [5, 5.41) is 0. The van der Waals surface area contributed by atoms with E-state index in [2.05, 4.69) is 30.5 Å². The monoisotopic (exact) mass is 363 g/mol. The molecule has 0 fully saturated rings. The van der Waals surface area contributed by atoms with Crippen LogP contribution in [0.3, 0.4) is 0 Å². The number of nitrogens with two attached hydrogens (primary N) is 3. The Hall–Kier alpha value is 0.0225. The van der Waals surface area contributed by atoms with Crippen molar-refractivity contribution in [2.24, 2.45) is 17.7 Å². The van der Waals surface area contributed by atoms with E-state index in [-0.39, 0.29) is 17.4 Å². The Morgan fingerprint density at radius 2 is 0.632 bits per heavy atom. The van der Waals surface area contributed by atoms with E-state index in [0.717, 1.165) is 0 Å². The third kappa shape index (κ3) is 56.8. The van der Waals surface area contributed by atoms with Crippen molar-refractivity contribution in [1.82, 2.24) is 0 Å². The van der Waals surface area contributed by atoms with Gasteiger partial charge in [-0.05, 0) is 0 Å². The molecule has 0 unspecified atom stereocenters. The van der Waals surface area contributed by atoms with Gasteiger partial charge < -0.3 is 13.7 Å². The second-order valence-electron chi connectivity index (χ2n) is 1.51. The van der Waals surface area contributed by atoms with Crippen LogP contribution in [0.5, 0.6) is 0 Å². The normalized spacial score (nSPS) is 11.1. The van der Waals surface area contributed by atoms with Crippen LogP contribution in [0.25, 0.3) is 0 Å². The molecule has 19 heteroatoms. The van der Waals surface area contributed by atoms with Gasteiger partial charge in [-0.15, -0.1) is 0 Å². The van der Waals surface area contributed by atoms with Crippen LogP contribution in [0.15, 0.2) is 0 Å². The summed E-state index contributed by atoms with van der Waals surface area (Å²) in [5.74, 6) is 11.7. The predicted molar refractivity (Wildman–Crippen MR) is 50.7 cm³/mol. The Bertz CT molecular complexity index is 410. The molecule has 0 spiro atoms. The van der Waals surface area contributed by atoms with Gasteiger partial charge in [0.25, 0.3) is 0 Å². The molecule has 6 N–H and O–H groups in total. The molecule has 0 aliphatic heterocycles. The minimum Gasteiger partial charge on any atom is -0.724 e. The summed E-state index contributed by atoms with van der Waals surface area (Å²) in [7, 11) is -13.9. The third-order valence-corrected chi connectivity index (χ3v) is 1.06. The molecule has 0 atom stereocenters. The van der Waals surface area contributed by atoms with Crippen molar-refractivity contribution in [2.75, 3.05) is 0 Å². The van der Waals surface area contributed by atoms with Crippen LogP contribution in [-0.4, -0.2) is 56.3 Å². The van der Waals surface area contributed by atoms with Crippen molar-refractivity contribution in [1.29, 1.82) is 0 Å². The zero-order valence-corrected chi connectivity index (χ0v) is 12.0. The quantitative estimate of drug-likeness (QED) is 0.182. The van der Waals surface area contributed by atoms with Gasteiger partial charge in [-0.2, -0.15) is 30.5 Å². The molecular formula is H6AlN3O12S3. The molecule has 0 rings (SSSR count). The van der Waals surface area contributed by atoms with E-state index in [1.807, 2.05) is 0 Å². The van der Waals surface area contributed by atoms with Gasteiger partial charge in [0.05, 0.1) is 0 Å². The van der Waals surface area contributed by atoms with Crippen LogP contribution in [0.1, 0.15) is 0 Å². The van der Waals surface area contributed by atoms with E-state index in [0.29, 0.717) is 0 Å². The SMILES string of the molecule is NOS(=O)(=O)[O-].NOS(=O)(=O)[O-].NOS(=O)(=O)[O-].[Al+3]. The van der Waals surface area contributed by atoms with E-state index >= 15 is 0 Å². The maximum absolute atomic E-state index is 9.10. The van der Waals surface area contributed by atoms with E-state index < -0.39 is 31.2 Å². The van der Waals surface area contributed by atoms with Crippen LogP contribution in [0, 0.1) is 0 Å². The molecule has 19 heavy (non-hydrogen) atoms. The molecule has 0 radical (unpaired) electrons. The summed E-state index contributed by atoms with van der Waals surface area (Å²) in [5.41, 5.74) is 0. The van der Waals surface area contributed by atoms with Gasteiger partial charge in [-0.1, -0.05) is 0 Å². The average molecular weight is 363 g/mol. The number of hydrogen-bond acceptors (Lipinski definition) is 15. The second kappa shape index (κ2) is 11.8. The molecule has 0 bridgehead atoms. The third-order valence-electron chi connectivity index (χ3n) is 0.354. The zero-order chi connectivity index (χ0) is 15.6. The van der Waals surface area contributed by atoms with E-state index in [1.165, 1.54) is 0 Å². The Morgan fingerprint density at radius 1 is 0.579 bits per heavy atom. The van der Waals surface area contributed by atoms with Gasteiger partial charge >= 0.3 is 17.4 Å². The average Bonchev–Trinajstić information content (AvgIpc) is 2.16. The molecular weight excluding hydrogens is 357 g/mol. The summed E-state index contributed by atoms with van der Waals surface area (Å²) >= 11 is 0. The summed E-state index contributed by atoms with van der Waals surface area (Å²) < 4.78 is 90.4. The zero-order valence-electron chi connectivity index (χ0n) is 8.43. The fourth-order valence-electron chi connectivity index (χ4n) is 0. The molecule has 0 saturated heterocycles. The minimum atomic E-state index is -4.63. The molecule has 114 valence electrons. The standard InChI is InChI=1S/Al.3H3NO4S/c;3*1-5-6(2,3)4/h;3*1H2,(H,2,3,4)/q+3;;;/p-3. The van der Waals surface area contributed by atoms with Crippen molar-refractivity contribution in [3.63, 3.8) is 0 Å². The van der Waals surface area contributed by atoms with Crippen molar-refractivity contribution < 1.29 is 51.8 Å². The first-order valence-electron chi connectivity index (χ1n) is 2.71. The minimum absolute atomic E-state index is 0. The Labute approximate surface area is 118 Å². The van der Waals surface area contributed by atoms with Crippen molar-refractivity contribution in [3.8, 4) is 0 Å².